The number of rotatable bonds is 6. The zero-order valence-corrected chi connectivity index (χ0v) is 10.9. The van der Waals surface area contributed by atoms with Gasteiger partial charge in [-0.15, -0.1) is 0 Å². The summed E-state index contributed by atoms with van der Waals surface area (Å²) < 4.78 is 5.45. The molecule has 0 heterocycles. The van der Waals surface area contributed by atoms with Crippen molar-refractivity contribution in [3.8, 4) is 11.8 Å². The van der Waals surface area contributed by atoms with Crippen molar-refractivity contribution in [2.45, 2.75) is 0 Å². The van der Waals surface area contributed by atoms with E-state index in [2.05, 4.69) is 11.2 Å². The van der Waals surface area contributed by atoms with Crippen molar-refractivity contribution < 1.29 is 9.57 Å². The molecule has 2 aromatic rings. The third-order valence-electron chi connectivity index (χ3n) is 2.50. The van der Waals surface area contributed by atoms with Gasteiger partial charge in [0.2, 0.25) is 0 Å². The highest BCUT2D eigenvalue weighted by atomic mass is 16.6. The van der Waals surface area contributed by atoms with Gasteiger partial charge in [0.1, 0.15) is 12.4 Å². The SMILES string of the molecule is N#Cc1ccc(OCCON=Cc2ccccc2)cc1. The standard InChI is InChI=1S/C16H14N2O2/c17-12-14-6-8-16(9-7-14)19-10-11-20-18-13-15-4-2-1-3-5-15/h1-9,13H,10-11H2. The summed E-state index contributed by atoms with van der Waals surface area (Å²) in [6.45, 7) is 0.765. The first-order valence-electron chi connectivity index (χ1n) is 6.22. The molecule has 0 aliphatic heterocycles. The molecule has 0 N–H and O–H groups in total. The van der Waals surface area contributed by atoms with Crippen LogP contribution in [0.2, 0.25) is 0 Å². The van der Waals surface area contributed by atoms with Gasteiger partial charge in [0.05, 0.1) is 17.8 Å². The molecule has 0 bridgehead atoms. The Kier molecular flexibility index (Phi) is 5.17. The monoisotopic (exact) mass is 266 g/mol. The highest BCUT2D eigenvalue weighted by molar-refractivity contribution is 5.78. The fraction of sp³-hybridized carbons (Fsp3) is 0.125. The normalized spacial score (nSPS) is 10.2. The summed E-state index contributed by atoms with van der Waals surface area (Å²) in [4.78, 5) is 5.10. The fourth-order valence-electron chi connectivity index (χ4n) is 1.51. The van der Waals surface area contributed by atoms with Crippen molar-refractivity contribution >= 4 is 6.21 Å². The Hall–Kier alpha value is -2.80. The van der Waals surface area contributed by atoms with Gasteiger partial charge in [0.15, 0.2) is 6.61 Å². The van der Waals surface area contributed by atoms with Gasteiger partial charge < -0.3 is 9.57 Å². The molecule has 0 spiro atoms. The molecular formula is C16H14N2O2. The Morgan fingerprint density at radius 3 is 2.45 bits per heavy atom. The highest BCUT2D eigenvalue weighted by Gasteiger charge is 1.94. The van der Waals surface area contributed by atoms with Crippen LogP contribution in [-0.4, -0.2) is 19.4 Å². The Morgan fingerprint density at radius 1 is 1.00 bits per heavy atom. The molecule has 0 fully saturated rings. The van der Waals surface area contributed by atoms with Crippen LogP contribution in [0.5, 0.6) is 5.75 Å². The van der Waals surface area contributed by atoms with Crippen LogP contribution in [0.15, 0.2) is 59.8 Å². The van der Waals surface area contributed by atoms with Crippen LogP contribution in [0.25, 0.3) is 0 Å². The van der Waals surface area contributed by atoms with Gasteiger partial charge in [-0.1, -0.05) is 35.5 Å². The summed E-state index contributed by atoms with van der Waals surface area (Å²) in [7, 11) is 0. The third kappa shape index (κ3) is 4.46. The van der Waals surface area contributed by atoms with Crippen molar-refractivity contribution in [1.29, 1.82) is 5.26 Å². The molecule has 0 saturated heterocycles. The van der Waals surface area contributed by atoms with E-state index in [1.165, 1.54) is 0 Å². The third-order valence-corrected chi connectivity index (χ3v) is 2.50. The summed E-state index contributed by atoms with van der Waals surface area (Å²) in [6.07, 6.45) is 1.65. The maximum Gasteiger partial charge on any atom is 0.151 e. The topological polar surface area (TPSA) is 54.6 Å². The molecule has 20 heavy (non-hydrogen) atoms. The maximum absolute atomic E-state index is 8.67. The molecule has 0 atom stereocenters. The van der Waals surface area contributed by atoms with Crippen LogP contribution in [0.1, 0.15) is 11.1 Å². The van der Waals surface area contributed by atoms with E-state index in [0.717, 1.165) is 5.56 Å². The number of nitrogens with zero attached hydrogens (tertiary/aromatic N) is 2. The van der Waals surface area contributed by atoms with Crippen LogP contribution in [0, 0.1) is 11.3 Å². The van der Waals surface area contributed by atoms with E-state index in [-0.39, 0.29) is 0 Å². The van der Waals surface area contributed by atoms with E-state index in [1.54, 1.807) is 30.5 Å². The lowest BCUT2D eigenvalue weighted by atomic mass is 10.2. The van der Waals surface area contributed by atoms with Gasteiger partial charge in [-0.25, -0.2) is 0 Å². The zero-order valence-electron chi connectivity index (χ0n) is 10.9. The molecule has 0 unspecified atom stereocenters. The van der Waals surface area contributed by atoms with Crippen molar-refractivity contribution in [3.63, 3.8) is 0 Å². The fourth-order valence-corrected chi connectivity index (χ4v) is 1.51. The summed E-state index contributed by atoms with van der Waals surface area (Å²) in [5.41, 5.74) is 1.60. The minimum absolute atomic E-state index is 0.364. The second-order valence-electron chi connectivity index (χ2n) is 3.96. The summed E-state index contributed by atoms with van der Waals surface area (Å²) >= 11 is 0. The van der Waals surface area contributed by atoms with Crippen LogP contribution >= 0.6 is 0 Å². The van der Waals surface area contributed by atoms with Crippen LogP contribution < -0.4 is 4.74 Å². The molecule has 0 amide bonds. The zero-order chi connectivity index (χ0) is 14.0. The molecule has 0 saturated carbocycles. The minimum Gasteiger partial charge on any atom is -0.490 e. The average Bonchev–Trinajstić information content (AvgIpc) is 2.52. The number of nitriles is 1. The number of hydrogen-bond donors (Lipinski definition) is 0. The summed E-state index contributed by atoms with van der Waals surface area (Å²) in [5.74, 6) is 0.708. The second kappa shape index (κ2) is 7.59. The number of ether oxygens (including phenoxy) is 1. The molecule has 2 aromatic carbocycles. The minimum atomic E-state index is 0.364. The highest BCUT2D eigenvalue weighted by Crippen LogP contribution is 2.11. The Labute approximate surface area is 117 Å². The summed E-state index contributed by atoms with van der Waals surface area (Å²) in [6, 6.07) is 18.7. The molecule has 0 aliphatic carbocycles. The van der Waals surface area contributed by atoms with Gasteiger partial charge >= 0.3 is 0 Å². The number of hydrogen-bond acceptors (Lipinski definition) is 4. The predicted molar refractivity (Wildman–Crippen MR) is 76.6 cm³/mol. The molecule has 4 heteroatoms. The smallest absolute Gasteiger partial charge is 0.151 e. The molecular weight excluding hydrogens is 252 g/mol. The van der Waals surface area contributed by atoms with Gasteiger partial charge in [0, 0.05) is 0 Å². The largest absolute Gasteiger partial charge is 0.490 e. The molecule has 0 aromatic heterocycles. The quantitative estimate of drug-likeness (QED) is 0.459. The average molecular weight is 266 g/mol. The van der Waals surface area contributed by atoms with Crippen LogP contribution in [0.4, 0.5) is 0 Å². The van der Waals surface area contributed by atoms with Gasteiger partial charge in [-0.05, 0) is 29.8 Å². The summed E-state index contributed by atoms with van der Waals surface area (Å²) in [5, 5.41) is 12.5. The Bertz CT molecular complexity index is 586. The second-order valence-corrected chi connectivity index (χ2v) is 3.96. The van der Waals surface area contributed by atoms with Crippen LogP contribution in [-0.2, 0) is 4.84 Å². The van der Waals surface area contributed by atoms with E-state index in [0.29, 0.717) is 24.5 Å². The molecule has 0 aliphatic rings. The van der Waals surface area contributed by atoms with Crippen molar-refractivity contribution in [1.82, 2.24) is 0 Å². The molecule has 4 nitrogen and oxygen atoms in total. The van der Waals surface area contributed by atoms with Gasteiger partial charge in [0.25, 0.3) is 0 Å². The maximum atomic E-state index is 8.67. The molecule has 100 valence electrons. The first-order chi connectivity index (χ1) is 9.88. The van der Waals surface area contributed by atoms with E-state index in [4.69, 9.17) is 14.8 Å². The lowest BCUT2D eigenvalue weighted by molar-refractivity contribution is 0.108. The lowest BCUT2D eigenvalue weighted by Crippen LogP contribution is -2.04. The van der Waals surface area contributed by atoms with E-state index >= 15 is 0 Å². The number of oxime groups is 1. The van der Waals surface area contributed by atoms with E-state index in [1.807, 2.05) is 30.3 Å². The lowest BCUT2D eigenvalue weighted by Gasteiger charge is -2.04. The first-order valence-corrected chi connectivity index (χ1v) is 6.22. The van der Waals surface area contributed by atoms with E-state index in [9.17, 15) is 0 Å². The first kappa shape index (κ1) is 13.6. The van der Waals surface area contributed by atoms with Crippen molar-refractivity contribution in [2.75, 3.05) is 13.2 Å². The molecule has 2 rings (SSSR count). The van der Waals surface area contributed by atoms with Gasteiger partial charge in [-0.3, -0.25) is 0 Å². The Balaban J connectivity index is 1.66. The predicted octanol–water partition coefficient (Wildman–Crippen LogP) is 2.99. The number of benzene rings is 2. The molecule has 0 radical (unpaired) electrons. The van der Waals surface area contributed by atoms with Crippen molar-refractivity contribution in [2.24, 2.45) is 5.16 Å². The van der Waals surface area contributed by atoms with E-state index < -0.39 is 0 Å². The van der Waals surface area contributed by atoms with Crippen LogP contribution in [0.3, 0.4) is 0 Å². The van der Waals surface area contributed by atoms with Gasteiger partial charge in [-0.2, -0.15) is 5.26 Å². The van der Waals surface area contributed by atoms with Crippen molar-refractivity contribution in [3.05, 3.63) is 65.7 Å². The Morgan fingerprint density at radius 2 is 1.75 bits per heavy atom.